The number of hydrogen-bond donors (Lipinski definition) is 1. The Balaban J connectivity index is 3.05. The predicted octanol–water partition coefficient (Wildman–Crippen LogP) is 0.0478. The largest absolute Gasteiger partial charge is 0.548 e. The van der Waals surface area contributed by atoms with Crippen LogP contribution in [0.15, 0.2) is 29.2 Å². The summed E-state index contributed by atoms with van der Waals surface area (Å²) in [4.78, 5) is 10.9. The number of hydrogen-bond acceptors (Lipinski definition) is 4. The molecule has 0 saturated heterocycles. The van der Waals surface area contributed by atoms with E-state index in [9.17, 15) is 18.3 Å². The lowest BCUT2D eigenvalue weighted by Crippen LogP contribution is -2.50. The van der Waals surface area contributed by atoms with Crippen LogP contribution in [0.2, 0.25) is 0 Å². The molecule has 0 aromatic heterocycles. The second-order valence-electron chi connectivity index (χ2n) is 4.48. The topological polar surface area (TPSA) is 86.3 Å². The summed E-state index contributed by atoms with van der Waals surface area (Å²) in [6.45, 7) is 4.98. The molecule has 0 radical (unpaired) electrons. The maximum atomic E-state index is 12.0. The maximum Gasteiger partial charge on any atom is 0.241 e. The molecule has 0 amide bonds. The van der Waals surface area contributed by atoms with Crippen LogP contribution >= 0.6 is 0 Å². The fraction of sp³-hybridized carbons (Fsp3) is 0.417. The van der Waals surface area contributed by atoms with Crippen molar-refractivity contribution < 1.29 is 18.3 Å². The highest BCUT2D eigenvalue weighted by atomic mass is 32.2. The van der Waals surface area contributed by atoms with E-state index < -0.39 is 28.0 Å². The Kier molecular flexibility index (Phi) is 4.48. The van der Waals surface area contributed by atoms with Crippen molar-refractivity contribution in [2.45, 2.75) is 31.7 Å². The van der Waals surface area contributed by atoms with Crippen LogP contribution in [-0.4, -0.2) is 20.4 Å². The highest BCUT2D eigenvalue weighted by Crippen LogP contribution is 2.13. The predicted molar refractivity (Wildman–Crippen MR) is 65.1 cm³/mol. The third-order valence-corrected chi connectivity index (χ3v) is 3.94. The van der Waals surface area contributed by atoms with Crippen LogP contribution in [0.25, 0.3) is 0 Å². The first-order valence-corrected chi connectivity index (χ1v) is 7.02. The van der Waals surface area contributed by atoms with Crippen molar-refractivity contribution in [1.29, 1.82) is 0 Å². The molecular formula is C12H16NO4S-. The zero-order valence-corrected chi connectivity index (χ0v) is 11.3. The highest BCUT2D eigenvalue weighted by Gasteiger charge is 2.23. The van der Waals surface area contributed by atoms with Crippen molar-refractivity contribution >= 4 is 16.0 Å². The molecule has 0 fully saturated rings. The molecule has 1 rings (SSSR count). The van der Waals surface area contributed by atoms with Crippen LogP contribution in [0, 0.1) is 12.8 Å². The monoisotopic (exact) mass is 270 g/mol. The van der Waals surface area contributed by atoms with Crippen molar-refractivity contribution in [2.75, 3.05) is 0 Å². The van der Waals surface area contributed by atoms with Crippen molar-refractivity contribution in [3.8, 4) is 0 Å². The number of aliphatic carboxylic acids is 1. The maximum absolute atomic E-state index is 12.0. The number of benzene rings is 1. The first-order chi connectivity index (χ1) is 8.24. The second kappa shape index (κ2) is 5.49. The summed E-state index contributed by atoms with van der Waals surface area (Å²) in [6.07, 6.45) is 0. The summed E-state index contributed by atoms with van der Waals surface area (Å²) in [5, 5.41) is 10.9. The quantitative estimate of drug-likeness (QED) is 0.819. The van der Waals surface area contributed by atoms with Gasteiger partial charge in [0.2, 0.25) is 10.0 Å². The number of carbonyl (C=O) groups excluding carboxylic acids is 1. The Labute approximate surface area is 107 Å². The normalized spacial score (nSPS) is 13.6. The summed E-state index contributed by atoms with van der Waals surface area (Å²) in [5.41, 5.74) is 0.785. The molecule has 0 aliphatic heterocycles. The van der Waals surface area contributed by atoms with Crippen LogP contribution in [0.5, 0.6) is 0 Å². The summed E-state index contributed by atoms with van der Waals surface area (Å²) in [7, 11) is -3.84. The van der Waals surface area contributed by atoms with E-state index in [-0.39, 0.29) is 4.90 Å². The molecule has 5 nitrogen and oxygen atoms in total. The van der Waals surface area contributed by atoms with E-state index in [1.807, 2.05) is 0 Å². The SMILES string of the molecule is Cc1cccc(S(=O)(=O)NC(C(=O)[O-])C(C)C)c1. The molecule has 0 aliphatic carbocycles. The Morgan fingerprint density at radius 2 is 1.94 bits per heavy atom. The molecule has 6 heteroatoms. The average molecular weight is 270 g/mol. The lowest BCUT2D eigenvalue weighted by Gasteiger charge is -2.23. The minimum Gasteiger partial charge on any atom is -0.548 e. The number of sulfonamides is 1. The van der Waals surface area contributed by atoms with E-state index in [1.54, 1.807) is 32.9 Å². The number of carboxylic acid groups (broad SMARTS) is 1. The van der Waals surface area contributed by atoms with Gasteiger partial charge in [0, 0.05) is 0 Å². The van der Waals surface area contributed by atoms with Crippen molar-refractivity contribution in [1.82, 2.24) is 4.72 Å². The smallest absolute Gasteiger partial charge is 0.241 e. The third kappa shape index (κ3) is 3.54. The van der Waals surface area contributed by atoms with Gasteiger partial charge in [-0.3, -0.25) is 0 Å². The zero-order valence-electron chi connectivity index (χ0n) is 10.5. The van der Waals surface area contributed by atoms with Gasteiger partial charge in [0.15, 0.2) is 0 Å². The van der Waals surface area contributed by atoms with Gasteiger partial charge in [0.05, 0.1) is 16.9 Å². The van der Waals surface area contributed by atoms with E-state index >= 15 is 0 Å². The molecule has 18 heavy (non-hydrogen) atoms. The fourth-order valence-corrected chi connectivity index (χ4v) is 2.91. The lowest BCUT2D eigenvalue weighted by atomic mass is 10.1. The summed E-state index contributed by atoms with van der Waals surface area (Å²) < 4.78 is 26.1. The Bertz CT molecular complexity index is 537. The minimum atomic E-state index is -3.84. The molecule has 0 heterocycles. The standard InChI is InChI=1S/C12H17NO4S/c1-8(2)11(12(14)15)13-18(16,17)10-6-4-5-9(3)7-10/h4-8,11,13H,1-3H3,(H,14,15)/p-1. The van der Waals surface area contributed by atoms with Gasteiger partial charge in [0.25, 0.3) is 0 Å². The van der Waals surface area contributed by atoms with Crippen LogP contribution in [0.1, 0.15) is 19.4 Å². The van der Waals surface area contributed by atoms with Crippen LogP contribution in [0.3, 0.4) is 0 Å². The van der Waals surface area contributed by atoms with E-state index in [4.69, 9.17) is 0 Å². The minimum absolute atomic E-state index is 0.0504. The summed E-state index contributed by atoms with van der Waals surface area (Å²) >= 11 is 0. The molecule has 100 valence electrons. The molecule has 1 N–H and O–H groups in total. The van der Waals surface area contributed by atoms with E-state index in [0.717, 1.165) is 5.56 Å². The number of rotatable bonds is 5. The number of nitrogens with one attached hydrogen (secondary N) is 1. The summed E-state index contributed by atoms with van der Waals surface area (Å²) in [6, 6.07) is 5.03. The molecule has 0 aliphatic rings. The molecule has 0 spiro atoms. The van der Waals surface area contributed by atoms with Gasteiger partial charge in [-0.2, -0.15) is 0 Å². The third-order valence-electron chi connectivity index (χ3n) is 2.50. The fourth-order valence-electron chi connectivity index (χ4n) is 1.47. The first-order valence-electron chi connectivity index (χ1n) is 5.54. The molecule has 1 atom stereocenters. The Morgan fingerprint density at radius 3 is 2.39 bits per heavy atom. The Morgan fingerprint density at radius 1 is 1.33 bits per heavy atom. The average Bonchev–Trinajstić information content (AvgIpc) is 2.25. The van der Waals surface area contributed by atoms with Gasteiger partial charge in [-0.15, -0.1) is 0 Å². The van der Waals surface area contributed by atoms with Gasteiger partial charge >= 0.3 is 0 Å². The van der Waals surface area contributed by atoms with Gasteiger partial charge in [0.1, 0.15) is 0 Å². The molecular weight excluding hydrogens is 254 g/mol. The summed E-state index contributed by atoms with van der Waals surface area (Å²) in [5.74, 6) is -1.82. The van der Waals surface area contributed by atoms with Gasteiger partial charge < -0.3 is 9.90 Å². The Hall–Kier alpha value is -1.40. The van der Waals surface area contributed by atoms with Crippen LogP contribution < -0.4 is 9.83 Å². The van der Waals surface area contributed by atoms with Crippen molar-refractivity contribution in [3.05, 3.63) is 29.8 Å². The molecule has 1 aromatic rings. The van der Waals surface area contributed by atoms with Gasteiger partial charge in [-0.05, 0) is 30.5 Å². The zero-order chi connectivity index (χ0) is 13.9. The molecule has 0 saturated carbocycles. The van der Waals surface area contributed by atoms with E-state index in [2.05, 4.69) is 4.72 Å². The first kappa shape index (κ1) is 14.7. The number of carbonyl (C=O) groups is 1. The molecule has 0 bridgehead atoms. The van der Waals surface area contributed by atoms with E-state index in [1.165, 1.54) is 12.1 Å². The molecule has 1 unspecified atom stereocenters. The van der Waals surface area contributed by atoms with Crippen molar-refractivity contribution in [2.24, 2.45) is 5.92 Å². The second-order valence-corrected chi connectivity index (χ2v) is 6.19. The van der Waals surface area contributed by atoms with E-state index in [0.29, 0.717) is 0 Å². The highest BCUT2D eigenvalue weighted by molar-refractivity contribution is 7.89. The van der Waals surface area contributed by atoms with Crippen LogP contribution in [-0.2, 0) is 14.8 Å². The van der Waals surface area contributed by atoms with Gasteiger partial charge in [-0.1, -0.05) is 26.0 Å². The van der Waals surface area contributed by atoms with Crippen LogP contribution in [0.4, 0.5) is 0 Å². The molecule has 1 aromatic carbocycles. The lowest BCUT2D eigenvalue weighted by molar-refractivity contribution is -0.309. The number of aryl methyl sites for hydroxylation is 1. The number of carboxylic acids is 1. The van der Waals surface area contributed by atoms with Crippen molar-refractivity contribution in [3.63, 3.8) is 0 Å². The van der Waals surface area contributed by atoms with Gasteiger partial charge in [-0.25, -0.2) is 13.1 Å².